The molecule has 0 aliphatic carbocycles. The van der Waals surface area contributed by atoms with Crippen LogP contribution in [0.4, 0.5) is 0 Å². The van der Waals surface area contributed by atoms with Crippen molar-refractivity contribution in [1.82, 2.24) is 4.98 Å². The minimum absolute atomic E-state index is 0.244. The van der Waals surface area contributed by atoms with Gasteiger partial charge in [-0.25, -0.2) is 4.98 Å². The number of halogens is 1. The molecule has 0 unspecified atom stereocenters. The van der Waals surface area contributed by atoms with Gasteiger partial charge in [0.15, 0.2) is 0 Å². The number of phenolic OH excluding ortho intramolecular Hbond substituents is 1. The van der Waals surface area contributed by atoms with Crippen molar-refractivity contribution < 1.29 is 5.11 Å². The van der Waals surface area contributed by atoms with E-state index in [0.29, 0.717) is 0 Å². The second-order valence-corrected chi connectivity index (χ2v) is 3.32. The Morgan fingerprint density at radius 1 is 1.17 bits per heavy atom. The van der Waals surface area contributed by atoms with Crippen LogP contribution >= 0.6 is 15.9 Å². The summed E-state index contributed by atoms with van der Waals surface area (Å²) in [7, 11) is 0. The Bertz CT molecular complexity index is 391. The molecule has 0 saturated carbocycles. The van der Waals surface area contributed by atoms with Crippen molar-refractivity contribution in [3.05, 3.63) is 34.9 Å². The normalized spacial score (nSPS) is 10.4. The van der Waals surface area contributed by atoms with Gasteiger partial charge in [-0.05, 0) is 34.1 Å². The lowest BCUT2D eigenvalue weighted by Gasteiger charge is -1.97. The molecule has 0 amide bonds. The van der Waals surface area contributed by atoms with Crippen molar-refractivity contribution in [3.63, 3.8) is 0 Å². The summed E-state index contributed by atoms with van der Waals surface area (Å²) in [6, 6.07) is 8.95. The number of rotatable bonds is 0. The van der Waals surface area contributed by atoms with Crippen LogP contribution in [0.5, 0.6) is 5.75 Å². The zero-order chi connectivity index (χ0) is 8.55. The second-order valence-electron chi connectivity index (χ2n) is 2.51. The molecule has 2 rings (SSSR count). The van der Waals surface area contributed by atoms with Crippen molar-refractivity contribution in [2.75, 3.05) is 0 Å². The maximum Gasteiger partial charge on any atom is 0.117 e. The minimum atomic E-state index is 0.244. The smallest absolute Gasteiger partial charge is 0.117 e. The lowest BCUT2D eigenvalue weighted by Crippen LogP contribution is -1.78. The number of fused-ring (bicyclic) bond motifs is 1. The Balaban J connectivity index is 2.80. The largest absolute Gasteiger partial charge is 0.508 e. The molecule has 0 aliphatic rings. The third-order valence-corrected chi connectivity index (χ3v) is 2.08. The molecule has 3 heteroatoms. The Morgan fingerprint density at radius 2 is 1.92 bits per heavy atom. The monoisotopic (exact) mass is 223 g/mol. The number of phenols is 1. The summed E-state index contributed by atoms with van der Waals surface area (Å²) < 4.78 is 0.778. The third-order valence-electron chi connectivity index (χ3n) is 1.64. The molecule has 60 valence electrons. The van der Waals surface area contributed by atoms with Crippen molar-refractivity contribution in [2.45, 2.75) is 0 Å². The van der Waals surface area contributed by atoms with Crippen LogP contribution in [0.1, 0.15) is 0 Å². The first-order valence-corrected chi connectivity index (χ1v) is 4.30. The van der Waals surface area contributed by atoms with Crippen LogP contribution in [0.25, 0.3) is 10.9 Å². The Kier molecular flexibility index (Phi) is 1.73. The van der Waals surface area contributed by atoms with Gasteiger partial charge in [-0.2, -0.15) is 0 Å². The highest BCUT2D eigenvalue weighted by molar-refractivity contribution is 9.10. The van der Waals surface area contributed by atoms with Gasteiger partial charge in [0.2, 0.25) is 0 Å². The fraction of sp³-hybridized carbons (Fsp3) is 0. The molecule has 1 heterocycles. The highest BCUT2D eigenvalue weighted by Crippen LogP contribution is 2.19. The molecule has 0 saturated heterocycles. The molecule has 0 bridgehead atoms. The van der Waals surface area contributed by atoms with Crippen LogP contribution in [0.2, 0.25) is 0 Å². The summed E-state index contributed by atoms with van der Waals surface area (Å²) in [6.07, 6.45) is 0. The molecular formula is C9H6BrNO. The van der Waals surface area contributed by atoms with Gasteiger partial charge in [-0.1, -0.05) is 6.07 Å². The quantitative estimate of drug-likeness (QED) is 0.698. The fourth-order valence-corrected chi connectivity index (χ4v) is 1.40. The van der Waals surface area contributed by atoms with Crippen molar-refractivity contribution in [1.29, 1.82) is 0 Å². The lowest BCUT2D eigenvalue weighted by molar-refractivity contribution is 0.476. The van der Waals surface area contributed by atoms with Crippen LogP contribution in [0, 0.1) is 0 Å². The van der Waals surface area contributed by atoms with Gasteiger partial charge >= 0.3 is 0 Å². The van der Waals surface area contributed by atoms with E-state index in [2.05, 4.69) is 20.9 Å². The first kappa shape index (κ1) is 7.55. The molecule has 12 heavy (non-hydrogen) atoms. The van der Waals surface area contributed by atoms with E-state index >= 15 is 0 Å². The van der Waals surface area contributed by atoms with Gasteiger partial charge in [0, 0.05) is 11.5 Å². The predicted molar refractivity (Wildman–Crippen MR) is 51.1 cm³/mol. The number of aromatic nitrogens is 1. The summed E-state index contributed by atoms with van der Waals surface area (Å²) in [5, 5.41) is 10.2. The topological polar surface area (TPSA) is 33.1 Å². The molecule has 2 aromatic rings. The molecule has 0 fully saturated rings. The van der Waals surface area contributed by atoms with Crippen molar-refractivity contribution in [3.8, 4) is 5.75 Å². The highest BCUT2D eigenvalue weighted by Gasteiger charge is 1.96. The van der Waals surface area contributed by atoms with E-state index < -0.39 is 0 Å². The second kappa shape index (κ2) is 2.75. The van der Waals surface area contributed by atoms with E-state index in [1.54, 1.807) is 12.1 Å². The zero-order valence-electron chi connectivity index (χ0n) is 6.16. The first-order valence-electron chi connectivity index (χ1n) is 3.51. The molecule has 1 aromatic heterocycles. The Labute approximate surface area is 78.0 Å². The van der Waals surface area contributed by atoms with Gasteiger partial charge in [0.1, 0.15) is 10.4 Å². The van der Waals surface area contributed by atoms with Gasteiger partial charge in [0.05, 0.1) is 5.52 Å². The van der Waals surface area contributed by atoms with Gasteiger partial charge in [-0.3, -0.25) is 0 Å². The van der Waals surface area contributed by atoms with E-state index in [9.17, 15) is 0 Å². The Morgan fingerprint density at radius 3 is 2.75 bits per heavy atom. The van der Waals surface area contributed by atoms with Crippen molar-refractivity contribution >= 4 is 26.8 Å². The van der Waals surface area contributed by atoms with E-state index in [1.165, 1.54) is 0 Å². The maximum atomic E-state index is 9.17. The molecule has 0 aliphatic heterocycles. The molecule has 0 atom stereocenters. The summed E-state index contributed by atoms with van der Waals surface area (Å²) >= 11 is 3.26. The van der Waals surface area contributed by atoms with Crippen LogP contribution in [0.3, 0.4) is 0 Å². The molecule has 1 N–H and O–H groups in total. The molecule has 0 radical (unpaired) electrons. The number of benzene rings is 1. The van der Waals surface area contributed by atoms with Crippen LogP contribution < -0.4 is 0 Å². The number of hydrogen-bond acceptors (Lipinski definition) is 2. The van der Waals surface area contributed by atoms with E-state index in [1.807, 2.05) is 18.2 Å². The lowest BCUT2D eigenvalue weighted by atomic mass is 10.2. The van der Waals surface area contributed by atoms with Crippen LogP contribution in [-0.2, 0) is 0 Å². The SMILES string of the molecule is Oc1ccc2ccc(Br)nc2c1. The number of pyridine rings is 1. The number of aromatic hydroxyl groups is 1. The number of nitrogens with zero attached hydrogens (tertiary/aromatic N) is 1. The summed E-state index contributed by atoms with van der Waals surface area (Å²) in [6.45, 7) is 0. The molecule has 1 aromatic carbocycles. The average molecular weight is 224 g/mol. The summed E-state index contributed by atoms with van der Waals surface area (Å²) in [5.41, 5.74) is 0.796. The van der Waals surface area contributed by atoms with Crippen LogP contribution in [-0.4, -0.2) is 10.1 Å². The molecule has 2 nitrogen and oxygen atoms in total. The summed E-state index contributed by atoms with van der Waals surface area (Å²) in [4.78, 5) is 4.19. The highest BCUT2D eigenvalue weighted by atomic mass is 79.9. The zero-order valence-corrected chi connectivity index (χ0v) is 7.75. The van der Waals surface area contributed by atoms with Gasteiger partial charge in [-0.15, -0.1) is 0 Å². The van der Waals surface area contributed by atoms with E-state index in [-0.39, 0.29) is 5.75 Å². The van der Waals surface area contributed by atoms with Crippen LogP contribution in [0.15, 0.2) is 34.9 Å². The van der Waals surface area contributed by atoms with Gasteiger partial charge < -0.3 is 5.11 Å². The minimum Gasteiger partial charge on any atom is -0.508 e. The first-order chi connectivity index (χ1) is 5.75. The van der Waals surface area contributed by atoms with E-state index in [0.717, 1.165) is 15.5 Å². The average Bonchev–Trinajstić information content (AvgIpc) is 2.03. The fourth-order valence-electron chi connectivity index (χ4n) is 1.08. The molecular weight excluding hydrogens is 218 g/mol. The van der Waals surface area contributed by atoms with E-state index in [4.69, 9.17) is 5.11 Å². The maximum absolute atomic E-state index is 9.17. The predicted octanol–water partition coefficient (Wildman–Crippen LogP) is 2.70. The summed E-state index contributed by atoms with van der Waals surface area (Å²) in [5.74, 6) is 0.244. The van der Waals surface area contributed by atoms with Gasteiger partial charge in [0.25, 0.3) is 0 Å². The van der Waals surface area contributed by atoms with Crippen molar-refractivity contribution in [2.24, 2.45) is 0 Å². The standard InChI is InChI=1S/C9H6BrNO/c10-9-4-2-6-1-3-7(12)5-8(6)11-9/h1-5,12H. The molecule has 0 spiro atoms. The number of hydrogen-bond donors (Lipinski definition) is 1. The Hall–Kier alpha value is -1.09. The third kappa shape index (κ3) is 1.28.